The Hall–Kier alpha value is -1.46. The van der Waals surface area contributed by atoms with Crippen molar-refractivity contribution in [3.05, 3.63) is 29.3 Å². The van der Waals surface area contributed by atoms with Gasteiger partial charge in [0.1, 0.15) is 0 Å². The number of carbonyl (C=O) groups is 1. The highest BCUT2D eigenvalue weighted by Gasteiger charge is 2.29. The number of hydrogen-bond donors (Lipinski definition) is 0. The molecule has 0 N–H and O–H groups in total. The summed E-state index contributed by atoms with van der Waals surface area (Å²) in [7, 11) is 3.65. The standard InChI is InChI=1S/C17H23N3OS/c1-12(17(21)19(2)3)20-10-8-13(9-11-20)16-18-14-6-4-5-7-15(14)22-16/h4-7,12-13H,8-11H2,1-3H3/t12-/m1/s1. The van der Waals surface area contributed by atoms with Crippen LogP contribution < -0.4 is 0 Å². The number of aromatic nitrogens is 1. The number of para-hydroxylation sites is 1. The van der Waals surface area contributed by atoms with Gasteiger partial charge < -0.3 is 4.90 Å². The van der Waals surface area contributed by atoms with Crippen LogP contribution in [0.25, 0.3) is 10.2 Å². The molecular weight excluding hydrogens is 294 g/mol. The Morgan fingerprint density at radius 1 is 1.32 bits per heavy atom. The lowest BCUT2D eigenvalue weighted by Crippen LogP contribution is -2.47. The fraction of sp³-hybridized carbons (Fsp3) is 0.529. The summed E-state index contributed by atoms with van der Waals surface area (Å²) in [5, 5.41) is 1.26. The summed E-state index contributed by atoms with van der Waals surface area (Å²) < 4.78 is 1.27. The van der Waals surface area contributed by atoms with E-state index in [4.69, 9.17) is 4.98 Å². The first-order valence-electron chi connectivity index (χ1n) is 7.87. The van der Waals surface area contributed by atoms with Crippen LogP contribution in [-0.2, 0) is 4.79 Å². The minimum Gasteiger partial charge on any atom is -0.347 e. The van der Waals surface area contributed by atoms with E-state index in [0.29, 0.717) is 5.92 Å². The van der Waals surface area contributed by atoms with Crippen LogP contribution in [0.1, 0.15) is 30.7 Å². The third-order valence-electron chi connectivity index (χ3n) is 4.54. The number of benzene rings is 1. The summed E-state index contributed by atoms with van der Waals surface area (Å²) in [5.41, 5.74) is 1.11. The van der Waals surface area contributed by atoms with Gasteiger partial charge in [-0.05, 0) is 45.0 Å². The lowest BCUT2D eigenvalue weighted by molar-refractivity contribution is -0.134. The van der Waals surface area contributed by atoms with Crippen LogP contribution in [0.2, 0.25) is 0 Å². The number of nitrogens with zero attached hydrogens (tertiary/aromatic N) is 3. The second kappa shape index (κ2) is 6.34. The Labute approximate surface area is 135 Å². The molecule has 1 amide bonds. The van der Waals surface area contributed by atoms with Crippen molar-refractivity contribution in [2.75, 3.05) is 27.2 Å². The van der Waals surface area contributed by atoms with Crippen molar-refractivity contribution in [2.45, 2.75) is 31.7 Å². The third-order valence-corrected chi connectivity index (χ3v) is 5.73. The molecule has 1 aliphatic rings. The number of fused-ring (bicyclic) bond motifs is 1. The number of thiazole rings is 1. The monoisotopic (exact) mass is 317 g/mol. The van der Waals surface area contributed by atoms with E-state index in [1.54, 1.807) is 4.90 Å². The predicted octanol–water partition coefficient (Wildman–Crippen LogP) is 2.95. The number of piperidine rings is 1. The molecule has 2 aromatic rings. The van der Waals surface area contributed by atoms with Gasteiger partial charge in [0.05, 0.1) is 21.3 Å². The number of carbonyl (C=O) groups excluding carboxylic acids is 1. The van der Waals surface area contributed by atoms with E-state index in [0.717, 1.165) is 31.4 Å². The van der Waals surface area contributed by atoms with Crippen LogP contribution in [0.4, 0.5) is 0 Å². The predicted molar refractivity (Wildman–Crippen MR) is 91.3 cm³/mol. The van der Waals surface area contributed by atoms with Gasteiger partial charge in [0.25, 0.3) is 0 Å². The molecular formula is C17H23N3OS. The quantitative estimate of drug-likeness (QED) is 0.873. The number of amides is 1. The molecule has 1 atom stereocenters. The topological polar surface area (TPSA) is 36.4 Å². The lowest BCUT2D eigenvalue weighted by atomic mass is 9.96. The molecule has 0 radical (unpaired) electrons. The summed E-state index contributed by atoms with van der Waals surface area (Å²) in [6.07, 6.45) is 2.18. The Morgan fingerprint density at radius 2 is 2.00 bits per heavy atom. The number of likely N-dealkylation sites (N-methyl/N-ethyl adjacent to an activating group) is 1. The zero-order chi connectivity index (χ0) is 15.7. The van der Waals surface area contributed by atoms with Crippen molar-refractivity contribution in [1.29, 1.82) is 0 Å². The van der Waals surface area contributed by atoms with E-state index in [1.807, 2.05) is 38.4 Å². The van der Waals surface area contributed by atoms with Crippen LogP contribution >= 0.6 is 11.3 Å². The molecule has 118 valence electrons. The van der Waals surface area contributed by atoms with Crippen molar-refractivity contribution >= 4 is 27.5 Å². The average molecular weight is 317 g/mol. The van der Waals surface area contributed by atoms with Gasteiger partial charge in [0, 0.05) is 20.0 Å². The highest BCUT2D eigenvalue weighted by molar-refractivity contribution is 7.18. The Morgan fingerprint density at radius 3 is 2.64 bits per heavy atom. The molecule has 1 aromatic carbocycles. The molecule has 0 unspecified atom stereocenters. The first kappa shape index (κ1) is 15.4. The molecule has 0 saturated carbocycles. The van der Waals surface area contributed by atoms with Crippen molar-refractivity contribution < 1.29 is 4.79 Å². The Kier molecular flexibility index (Phi) is 4.45. The van der Waals surface area contributed by atoms with Crippen LogP contribution in [0.15, 0.2) is 24.3 Å². The maximum Gasteiger partial charge on any atom is 0.239 e. The lowest BCUT2D eigenvalue weighted by Gasteiger charge is -2.35. The molecule has 22 heavy (non-hydrogen) atoms. The van der Waals surface area contributed by atoms with Gasteiger partial charge in [0.15, 0.2) is 0 Å². The Bertz CT molecular complexity index is 626. The maximum atomic E-state index is 12.1. The molecule has 0 spiro atoms. The summed E-state index contributed by atoms with van der Waals surface area (Å²) in [4.78, 5) is 20.9. The minimum atomic E-state index is -0.0219. The van der Waals surface area contributed by atoms with E-state index in [-0.39, 0.29) is 11.9 Å². The highest BCUT2D eigenvalue weighted by atomic mass is 32.1. The average Bonchev–Trinajstić information content (AvgIpc) is 2.97. The minimum absolute atomic E-state index is 0.0219. The van der Waals surface area contributed by atoms with E-state index in [9.17, 15) is 4.79 Å². The van der Waals surface area contributed by atoms with Crippen LogP contribution in [0, 0.1) is 0 Å². The van der Waals surface area contributed by atoms with Gasteiger partial charge in [0.2, 0.25) is 5.91 Å². The molecule has 1 fully saturated rings. The fourth-order valence-corrected chi connectivity index (χ4v) is 4.26. The molecule has 1 aromatic heterocycles. The molecule has 4 nitrogen and oxygen atoms in total. The first-order chi connectivity index (χ1) is 10.6. The second-order valence-corrected chi connectivity index (χ2v) is 7.30. The third kappa shape index (κ3) is 3.01. The molecule has 2 heterocycles. The Balaban J connectivity index is 1.65. The SMILES string of the molecule is C[C@H](C(=O)N(C)C)N1CCC(c2nc3ccccc3s2)CC1. The van der Waals surface area contributed by atoms with Gasteiger partial charge >= 0.3 is 0 Å². The van der Waals surface area contributed by atoms with E-state index in [2.05, 4.69) is 23.1 Å². The van der Waals surface area contributed by atoms with E-state index in [1.165, 1.54) is 9.71 Å². The maximum absolute atomic E-state index is 12.1. The highest BCUT2D eigenvalue weighted by Crippen LogP contribution is 2.34. The summed E-state index contributed by atoms with van der Waals surface area (Å²) in [6, 6.07) is 8.32. The second-order valence-electron chi connectivity index (χ2n) is 6.24. The van der Waals surface area contributed by atoms with Crippen LogP contribution in [0.5, 0.6) is 0 Å². The zero-order valence-electron chi connectivity index (χ0n) is 13.5. The zero-order valence-corrected chi connectivity index (χ0v) is 14.3. The molecule has 0 aliphatic carbocycles. The van der Waals surface area contributed by atoms with Gasteiger partial charge in [-0.25, -0.2) is 4.98 Å². The van der Waals surface area contributed by atoms with Crippen molar-refractivity contribution in [3.63, 3.8) is 0 Å². The first-order valence-corrected chi connectivity index (χ1v) is 8.68. The van der Waals surface area contributed by atoms with Crippen molar-refractivity contribution in [2.24, 2.45) is 0 Å². The van der Waals surface area contributed by atoms with E-state index < -0.39 is 0 Å². The smallest absolute Gasteiger partial charge is 0.239 e. The van der Waals surface area contributed by atoms with Gasteiger partial charge in [-0.3, -0.25) is 9.69 Å². The van der Waals surface area contributed by atoms with Gasteiger partial charge in [-0.1, -0.05) is 12.1 Å². The van der Waals surface area contributed by atoms with Crippen molar-refractivity contribution in [1.82, 2.24) is 14.8 Å². The van der Waals surface area contributed by atoms with E-state index >= 15 is 0 Å². The number of hydrogen-bond acceptors (Lipinski definition) is 4. The van der Waals surface area contributed by atoms with Crippen molar-refractivity contribution in [3.8, 4) is 0 Å². The van der Waals surface area contributed by atoms with Crippen LogP contribution in [-0.4, -0.2) is 53.9 Å². The molecule has 1 aliphatic heterocycles. The fourth-order valence-electron chi connectivity index (χ4n) is 3.13. The largest absolute Gasteiger partial charge is 0.347 e. The molecule has 1 saturated heterocycles. The number of rotatable bonds is 3. The molecule has 3 rings (SSSR count). The van der Waals surface area contributed by atoms with Gasteiger partial charge in [-0.2, -0.15) is 0 Å². The summed E-state index contributed by atoms with van der Waals surface area (Å²) >= 11 is 1.82. The van der Waals surface area contributed by atoms with Gasteiger partial charge in [-0.15, -0.1) is 11.3 Å². The van der Waals surface area contributed by atoms with Crippen LogP contribution in [0.3, 0.4) is 0 Å². The number of likely N-dealkylation sites (tertiary alicyclic amines) is 1. The summed E-state index contributed by atoms with van der Waals surface area (Å²) in [6.45, 7) is 3.96. The molecule has 5 heteroatoms. The summed E-state index contributed by atoms with van der Waals surface area (Å²) in [5.74, 6) is 0.730. The normalized spacial score (nSPS) is 18.5. The molecule has 0 bridgehead atoms.